The zero-order chi connectivity index (χ0) is 18.3. The van der Waals surface area contributed by atoms with Crippen LogP contribution in [0.2, 0.25) is 0 Å². The predicted octanol–water partition coefficient (Wildman–Crippen LogP) is 4.33. The third-order valence-electron chi connectivity index (χ3n) is 4.45. The molecule has 4 rings (SSSR count). The molecule has 3 aromatic rings. The van der Waals surface area contributed by atoms with Crippen molar-refractivity contribution in [1.29, 1.82) is 0 Å². The molecule has 0 atom stereocenters. The molecule has 7 heteroatoms. The number of thiazole rings is 1. The molecule has 1 aliphatic rings. The molecule has 0 aliphatic carbocycles. The second-order valence-corrected chi connectivity index (χ2v) is 9.09. The summed E-state index contributed by atoms with van der Waals surface area (Å²) in [5.41, 5.74) is 4.47. The fraction of sp³-hybridized carbons (Fsp3) is 0.211. The average Bonchev–Trinajstić information content (AvgIpc) is 3.10. The van der Waals surface area contributed by atoms with E-state index in [-0.39, 0.29) is 5.82 Å². The van der Waals surface area contributed by atoms with Gasteiger partial charge >= 0.3 is 0 Å². The molecule has 0 unspecified atom stereocenters. The maximum absolute atomic E-state index is 13.1. The first-order valence-corrected chi connectivity index (χ1v) is 11.0. The molecule has 0 amide bonds. The van der Waals surface area contributed by atoms with E-state index >= 15 is 0 Å². The third kappa shape index (κ3) is 3.24. The average molecular weight is 388 g/mol. The van der Waals surface area contributed by atoms with Crippen molar-refractivity contribution in [2.75, 3.05) is 17.1 Å². The minimum absolute atomic E-state index is 0.268. The Morgan fingerprint density at radius 3 is 2.58 bits per heavy atom. The summed E-state index contributed by atoms with van der Waals surface area (Å²) in [4.78, 5) is 4.66. The molecule has 0 bridgehead atoms. The van der Waals surface area contributed by atoms with Crippen molar-refractivity contribution in [3.8, 4) is 21.8 Å². The Morgan fingerprint density at radius 1 is 1.12 bits per heavy atom. The van der Waals surface area contributed by atoms with Crippen molar-refractivity contribution in [1.82, 2.24) is 4.98 Å². The van der Waals surface area contributed by atoms with Gasteiger partial charge in [-0.25, -0.2) is 17.8 Å². The van der Waals surface area contributed by atoms with Gasteiger partial charge in [0.25, 0.3) is 0 Å². The summed E-state index contributed by atoms with van der Waals surface area (Å²) >= 11 is 1.51. The van der Waals surface area contributed by atoms with Crippen LogP contribution in [0.4, 0.5) is 10.1 Å². The number of anilines is 1. The SMILES string of the molecule is CS(=O)(=O)N1CCCc2cc(-c3csc(-c4ccc(F)cc4)n3)ccc21. The van der Waals surface area contributed by atoms with Gasteiger partial charge in [0.2, 0.25) is 10.0 Å². The van der Waals surface area contributed by atoms with Crippen LogP contribution >= 0.6 is 11.3 Å². The summed E-state index contributed by atoms with van der Waals surface area (Å²) in [5.74, 6) is -0.268. The normalized spacial score (nSPS) is 14.3. The van der Waals surface area contributed by atoms with E-state index in [2.05, 4.69) is 4.98 Å². The maximum Gasteiger partial charge on any atom is 0.232 e. The lowest BCUT2D eigenvalue weighted by atomic mass is 10.00. The van der Waals surface area contributed by atoms with E-state index in [4.69, 9.17) is 0 Å². The number of sulfonamides is 1. The third-order valence-corrected chi connectivity index (χ3v) is 6.52. The van der Waals surface area contributed by atoms with E-state index < -0.39 is 10.0 Å². The van der Waals surface area contributed by atoms with Gasteiger partial charge in [0.15, 0.2) is 0 Å². The Bertz CT molecular complexity index is 1060. The first kappa shape index (κ1) is 17.2. The first-order chi connectivity index (χ1) is 12.4. The first-order valence-electron chi connectivity index (χ1n) is 8.24. The number of benzene rings is 2. The number of aromatic nitrogens is 1. The molecule has 0 saturated heterocycles. The summed E-state index contributed by atoms with van der Waals surface area (Å²) in [6.45, 7) is 0.524. The van der Waals surface area contributed by atoms with Gasteiger partial charge in [-0.1, -0.05) is 6.07 Å². The number of nitrogens with zero attached hydrogens (tertiary/aromatic N) is 2. The molecule has 134 valence electrons. The van der Waals surface area contributed by atoms with Crippen LogP contribution in [-0.2, 0) is 16.4 Å². The second-order valence-electron chi connectivity index (χ2n) is 6.33. The topological polar surface area (TPSA) is 50.3 Å². The lowest BCUT2D eigenvalue weighted by Gasteiger charge is -2.29. The number of halogens is 1. The maximum atomic E-state index is 13.1. The van der Waals surface area contributed by atoms with Crippen LogP contribution in [0, 0.1) is 5.82 Å². The minimum Gasteiger partial charge on any atom is -0.270 e. The molecule has 2 aromatic carbocycles. The molecular weight excluding hydrogens is 371 g/mol. The molecule has 0 radical (unpaired) electrons. The highest BCUT2D eigenvalue weighted by atomic mass is 32.2. The van der Waals surface area contributed by atoms with Gasteiger partial charge in [-0.3, -0.25) is 4.31 Å². The minimum atomic E-state index is -3.26. The highest BCUT2D eigenvalue weighted by Crippen LogP contribution is 2.34. The van der Waals surface area contributed by atoms with Crippen LogP contribution in [0.5, 0.6) is 0 Å². The molecule has 0 fully saturated rings. The van der Waals surface area contributed by atoms with Crippen LogP contribution in [0.25, 0.3) is 21.8 Å². The summed E-state index contributed by atoms with van der Waals surface area (Å²) in [5, 5.41) is 2.80. The van der Waals surface area contributed by atoms with Crippen LogP contribution in [-0.4, -0.2) is 26.2 Å². The lowest BCUT2D eigenvalue weighted by Crippen LogP contribution is -2.34. The number of fused-ring (bicyclic) bond motifs is 1. The van der Waals surface area contributed by atoms with Crippen molar-refractivity contribution in [3.63, 3.8) is 0 Å². The van der Waals surface area contributed by atoms with Crippen LogP contribution in [0.3, 0.4) is 0 Å². The summed E-state index contributed by atoms with van der Waals surface area (Å²) in [6.07, 6.45) is 2.90. The Labute approximate surface area is 156 Å². The van der Waals surface area contributed by atoms with Gasteiger partial charge in [0.1, 0.15) is 10.8 Å². The fourth-order valence-corrected chi connectivity index (χ4v) is 5.03. The zero-order valence-corrected chi connectivity index (χ0v) is 15.8. The molecule has 0 saturated carbocycles. The smallest absolute Gasteiger partial charge is 0.232 e. The van der Waals surface area contributed by atoms with Crippen molar-refractivity contribution in [2.24, 2.45) is 0 Å². The van der Waals surface area contributed by atoms with Crippen molar-refractivity contribution < 1.29 is 12.8 Å². The summed E-state index contributed by atoms with van der Waals surface area (Å²) in [7, 11) is -3.26. The highest BCUT2D eigenvalue weighted by Gasteiger charge is 2.24. The monoisotopic (exact) mass is 388 g/mol. The second kappa shape index (κ2) is 6.48. The fourth-order valence-electron chi connectivity index (χ4n) is 3.20. The highest BCUT2D eigenvalue weighted by molar-refractivity contribution is 7.92. The number of hydrogen-bond acceptors (Lipinski definition) is 4. The van der Waals surface area contributed by atoms with Crippen LogP contribution in [0.1, 0.15) is 12.0 Å². The number of aryl methyl sites for hydroxylation is 1. The summed E-state index contributed by atoms with van der Waals surface area (Å²) < 4.78 is 38.5. The molecular formula is C19H17FN2O2S2. The number of hydrogen-bond donors (Lipinski definition) is 0. The van der Waals surface area contributed by atoms with Gasteiger partial charge in [-0.15, -0.1) is 11.3 Å². The van der Waals surface area contributed by atoms with E-state index in [1.54, 1.807) is 12.1 Å². The summed E-state index contributed by atoms with van der Waals surface area (Å²) in [6, 6.07) is 12.1. The molecule has 1 aromatic heterocycles. The molecule has 0 N–H and O–H groups in total. The largest absolute Gasteiger partial charge is 0.270 e. The van der Waals surface area contributed by atoms with Gasteiger partial charge in [-0.05, 0) is 54.8 Å². The quantitative estimate of drug-likeness (QED) is 0.671. The zero-order valence-electron chi connectivity index (χ0n) is 14.1. The Kier molecular flexibility index (Phi) is 4.28. The van der Waals surface area contributed by atoms with Crippen molar-refractivity contribution in [2.45, 2.75) is 12.8 Å². The molecule has 26 heavy (non-hydrogen) atoms. The van der Waals surface area contributed by atoms with E-state index in [9.17, 15) is 12.8 Å². The molecule has 2 heterocycles. The Morgan fingerprint density at radius 2 is 1.85 bits per heavy atom. The van der Waals surface area contributed by atoms with Gasteiger partial charge in [0, 0.05) is 23.1 Å². The van der Waals surface area contributed by atoms with E-state index in [0.717, 1.165) is 45.9 Å². The van der Waals surface area contributed by atoms with Crippen molar-refractivity contribution >= 4 is 27.0 Å². The molecule has 1 aliphatic heterocycles. The van der Waals surface area contributed by atoms with E-state index in [1.165, 1.54) is 34.0 Å². The molecule has 4 nitrogen and oxygen atoms in total. The van der Waals surface area contributed by atoms with E-state index in [1.807, 2.05) is 23.6 Å². The molecule has 0 spiro atoms. The predicted molar refractivity (Wildman–Crippen MR) is 103 cm³/mol. The number of rotatable bonds is 3. The van der Waals surface area contributed by atoms with Gasteiger partial charge in [0.05, 0.1) is 17.6 Å². The van der Waals surface area contributed by atoms with E-state index in [0.29, 0.717) is 6.54 Å². The van der Waals surface area contributed by atoms with Crippen LogP contribution in [0.15, 0.2) is 47.8 Å². The standard InChI is InChI=1S/C19H17FN2O2S2/c1-26(23,24)22-10-2-3-15-11-14(6-9-18(15)22)17-12-25-19(21-17)13-4-7-16(20)8-5-13/h4-9,11-12H,2-3,10H2,1H3. The Balaban J connectivity index is 1.69. The van der Waals surface area contributed by atoms with Crippen LogP contribution < -0.4 is 4.31 Å². The van der Waals surface area contributed by atoms with Gasteiger partial charge in [-0.2, -0.15) is 0 Å². The lowest BCUT2D eigenvalue weighted by molar-refractivity contribution is 0.592. The Hall–Kier alpha value is -2.25. The van der Waals surface area contributed by atoms with Gasteiger partial charge < -0.3 is 0 Å². The van der Waals surface area contributed by atoms with Crippen molar-refractivity contribution in [3.05, 3.63) is 59.2 Å².